The van der Waals surface area contributed by atoms with Crippen LogP contribution in [0.1, 0.15) is 40.9 Å². The van der Waals surface area contributed by atoms with Gasteiger partial charge in [0.05, 0.1) is 12.0 Å². The van der Waals surface area contributed by atoms with Crippen molar-refractivity contribution in [2.45, 2.75) is 32.2 Å². The molecule has 1 aromatic heterocycles. The number of nitrogens with two attached hydrogens (primary N) is 1. The van der Waals surface area contributed by atoms with Crippen LogP contribution in [0.15, 0.2) is 39.9 Å². The zero-order chi connectivity index (χ0) is 18.2. The quantitative estimate of drug-likeness (QED) is 0.855. The summed E-state index contributed by atoms with van der Waals surface area (Å²) in [5.41, 5.74) is 7.10. The molecule has 130 valence electrons. The zero-order valence-corrected chi connectivity index (χ0v) is 14.4. The van der Waals surface area contributed by atoms with Crippen LogP contribution in [0.25, 0.3) is 0 Å². The SMILES string of the molecule is Cc1nc(C(=O)Cc2cccc(C3(C)CC(=O)N(C)C(N)=N3)c2)co1. The van der Waals surface area contributed by atoms with Gasteiger partial charge in [-0.2, -0.15) is 0 Å². The van der Waals surface area contributed by atoms with Gasteiger partial charge in [0.1, 0.15) is 12.0 Å². The molecule has 1 aliphatic heterocycles. The number of Topliss-reactive ketones (excluding diaryl/α,β-unsaturated/α-hetero) is 1. The van der Waals surface area contributed by atoms with E-state index in [0.29, 0.717) is 11.6 Å². The number of aromatic nitrogens is 1. The Bertz CT molecular complexity index is 871. The number of amides is 1. The Balaban J connectivity index is 1.87. The second kappa shape index (κ2) is 6.16. The van der Waals surface area contributed by atoms with Gasteiger partial charge in [-0.05, 0) is 18.1 Å². The molecular weight excluding hydrogens is 320 g/mol. The summed E-state index contributed by atoms with van der Waals surface area (Å²) in [6.07, 6.45) is 1.79. The van der Waals surface area contributed by atoms with Gasteiger partial charge < -0.3 is 10.2 Å². The Labute approximate surface area is 145 Å². The minimum atomic E-state index is -0.739. The van der Waals surface area contributed by atoms with Crippen LogP contribution in [0.2, 0.25) is 0 Å². The molecule has 1 aliphatic rings. The highest BCUT2D eigenvalue weighted by molar-refractivity contribution is 5.99. The lowest BCUT2D eigenvalue weighted by atomic mass is 9.86. The summed E-state index contributed by atoms with van der Waals surface area (Å²) in [4.78, 5) is 34.3. The third-order valence-electron chi connectivity index (χ3n) is 4.39. The molecule has 0 fully saturated rings. The number of nitrogens with zero attached hydrogens (tertiary/aromatic N) is 3. The highest BCUT2D eigenvalue weighted by Gasteiger charge is 2.36. The van der Waals surface area contributed by atoms with E-state index in [-0.39, 0.29) is 30.5 Å². The summed E-state index contributed by atoms with van der Waals surface area (Å²) in [6, 6.07) is 7.50. The summed E-state index contributed by atoms with van der Waals surface area (Å²) >= 11 is 0. The largest absolute Gasteiger partial charge is 0.449 e. The number of oxazole rings is 1. The molecule has 0 aliphatic carbocycles. The molecule has 7 heteroatoms. The molecule has 0 saturated carbocycles. The van der Waals surface area contributed by atoms with Crippen LogP contribution >= 0.6 is 0 Å². The normalized spacial score (nSPS) is 20.5. The second-order valence-corrected chi connectivity index (χ2v) is 6.43. The maximum Gasteiger partial charge on any atom is 0.231 e. The number of aryl methyl sites for hydroxylation is 1. The zero-order valence-electron chi connectivity index (χ0n) is 14.4. The van der Waals surface area contributed by atoms with Gasteiger partial charge in [-0.3, -0.25) is 14.5 Å². The first-order chi connectivity index (χ1) is 11.8. The number of guanidine groups is 1. The third kappa shape index (κ3) is 3.31. The molecule has 2 heterocycles. The van der Waals surface area contributed by atoms with Crippen LogP contribution in [-0.2, 0) is 16.8 Å². The molecule has 2 aromatic rings. The van der Waals surface area contributed by atoms with Crippen molar-refractivity contribution in [1.82, 2.24) is 9.88 Å². The van der Waals surface area contributed by atoms with Crippen molar-refractivity contribution in [1.29, 1.82) is 0 Å². The van der Waals surface area contributed by atoms with Gasteiger partial charge in [-0.1, -0.05) is 24.3 Å². The van der Waals surface area contributed by atoms with E-state index < -0.39 is 5.54 Å². The van der Waals surface area contributed by atoms with Crippen molar-refractivity contribution >= 4 is 17.6 Å². The molecule has 2 N–H and O–H groups in total. The molecule has 1 aromatic carbocycles. The van der Waals surface area contributed by atoms with Gasteiger partial charge in [-0.25, -0.2) is 9.98 Å². The van der Waals surface area contributed by atoms with E-state index in [1.54, 1.807) is 14.0 Å². The molecule has 0 bridgehead atoms. The lowest BCUT2D eigenvalue weighted by molar-refractivity contribution is -0.128. The summed E-state index contributed by atoms with van der Waals surface area (Å²) in [5, 5.41) is 0. The van der Waals surface area contributed by atoms with E-state index in [0.717, 1.165) is 11.1 Å². The number of hydrogen-bond acceptors (Lipinski definition) is 6. The van der Waals surface area contributed by atoms with E-state index in [1.165, 1.54) is 11.2 Å². The fourth-order valence-electron chi connectivity index (χ4n) is 2.86. The van der Waals surface area contributed by atoms with Crippen molar-refractivity contribution < 1.29 is 14.0 Å². The van der Waals surface area contributed by atoms with Gasteiger partial charge in [0.15, 0.2) is 17.6 Å². The molecular formula is C18H20N4O3. The molecule has 25 heavy (non-hydrogen) atoms. The number of hydrogen-bond donors (Lipinski definition) is 1. The van der Waals surface area contributed by atoms with E-state index in [9.17, 15) is 9.59 Å². The molecule has 7 nitrogen and oxygen atoms in total. The van der Waals surface area contributed by atoms with Crippen molar-refractivity contribution in [2.24, 2.45) is 10.7 Å². The predicted molar refractivity (Wildman–Crippen MR) is 92.1 cm³/mol. The molecule has 0 spiro atoms. The molecule has 1 unspecified atom stereocenters. The van der Waals surface area contributed by atoms with Crippen molar-refractivity contribution in [3.63, 3.8) is 0 Å². The Morgan fingerprint density at radius 2 is 2.20 bits per heavy atom. The van der Waals surface area contributed by atoms with E-state index in [1.807, 2.05) is 31.2 Å². The monoisotopic (exact) mass is 340 g/mol. The average Bonchev–Trinajstić information content (AvgIpc) is 2.99. The number of ketones is 1. The molecule has 0 radical (unpaired) electrons. The van der Waals surface area contributed by atoms with Crippen molar-refractivity contribution in [3.8, 4) is 0 Å². The molecule has 1 atom stereocenters. The Hall–Kier alpha value is -2.96. The smallest absolute Gasteiger partial charge is 0.231 e. The average molecular weight is 340 g/mol. The summed E-state index contributed by atoms with van der Waals surface area (Å²) < 4.78 is 5.09. The number of benzene rings is 1. The summed E-state index contributed by atoms with van der Waals surface area (Å²) in [7, 11) is 1.61. The minimum Gasteiger partial charge on any atom is -0.449 e. The minimum absolute atomic E-state index is 0.0884. The standard InChI is InChI=1S/C18H20N4O3/c1-11-20-14(10-25-11)15(23)8-12-5-4-6-13(7-12)18(2)9-16(24)22(3)17(19)21-18/h4-7,10H,8-9H2,1-3H3,(H2,19,21). The Kier molecular flexibility index (Phi) is 4.16. The van der Waals surface area contributed by atoms with Gasteiger partial charge in [-0.15, -0.1) is 0 Å². The fourth-order valence-corrected chi connectivity index (χ4v) is 2.86. The fraction of sp³-hybridized carbons (Fsp3) is 0.333. The highest BCUT2D eigenvalue weighted by atomic mass is 16.3. The van der Waals surface area contributed by atoms with Crippen LogP contribution in [0.4, 0.5) is 0 Å². The highest BCUT2D eigenvalue weighted by Crippen LogP contribution is 2.33. The first kappa shape index (κ1) is 16.9. The number of aliphatic imine (C=N–C) groups is 1. The van der Waals surface area contributed by atoms with Gasteiger partial charge in [0.2, 0.25) is 5.91 Å². The third-order valence-corrected chi connectivity index (χ3v) is 4.39. The van der Waals surface area contributed by atoms with Gasteiger partial charge in [0.25, 0.3) is 0 Å². The number of carbonyl (C=O) groups excluding carboxylic acids is 2. The van der Waals surface area contributed by atoms with Gasteiger partial charge >= 0.3 is 0 Å². The van der Waals surface area contributed by atoms with Crippen LogP contribution in [-0.4, -0.2) is 34.6 Å². The number of carbonyl (C=O) groups is 2. The molecule has 0 saturated heterocycles. The van der Waals surface area contributed by atoms with E-state index >= 15 is 0 Å². The summed E-state index contributed by atoms with van der Waals surface area (Å²) in [5.74, 6) is 0.439. The van der Waals surface area contributed by atoms with E-state index in [4.69, 9.17) is 10.2 Å². The predicted octanol–water partition coefficient (Wildman–Crippen LogP) is 1.80. The second-order valence-electron chi connectivity index (χ2n) is 6.43. The molecule has 3 rings (SSSR count). The first-order valence-electron chi connectivity index (χ1n) is 7.95. The van der Waals surface area contributed by atoms with Crippen LogP contribution < -0.4 is 5.73 Å². The van der Waals surface area contributed by atoms with Gasteiger partial charge in [0, 0.05) is 20.4 Å². The number of rotatable bonds is 4. The molecule has 1 amide bonds. The van der Waals surface area contributed by atoms with Crippen LogP contribution in [0.3, 0.4) is 0 Å². The Morgan fingerprint density at radius 1 is 1.44 bits per heavy atom. The van der Waals surface area contributed by atoms with Crippen LogP contribution in [0, 0.1) is 6.92 Å². The van der Waals surface area contributed by atoms with Crippen molar-refractivity contribution in [3.05, 3.63) is 53.2 Å². The maximum atomic E-state index is 12.3. The summed E-state index contributed by atoms with van der Waals surface area (Å²) in [6.45, 7) is 3.56. The van der Waals surface area contributed by atoms with E-state index in [2.05, 4.69) is 9.98 Å². The Morgan fingerprint density at radius 3 is 2.84 bits per heavy atom. The first-order valence-corrected chi connectivity index (χ1v) is 7.95. The lowest BCUT2D eigenvalue weighted by Gasteiger charge is -2.33. The van der Waals surface area contributed by atoms with Crippen molar-refractivity contribution in [2.75, 3.05) is 7.05 Å². The van der Waals surface area contributed by atoms with Crippen LogP contribution in [0.5, 0.6) is 0 Å². The maximum absolute atomic E-state index is 12.3. The lowest BCUT2D eigenvalue weighted by Crippen LogP contribution is -2.47. The topological polar surface area (TPSA) is 102 Å².